The Balaban J connectivity index is 2.00. The van der Waals surface area contributed by atoms with Crippen LogP contribution in [0.4, 0.5) is 5.82 Å². The number of nitrogens with zero attached hydrogens (tertiary/aromatic N) is 3. The van der Waals surface area contributed by atoms with Crippen molar-refractivity contribution in [1.29, 1.82) is 0 Å². The molecular formula is C19H20N4O2. The fraction of sp³-hybridized carbons (Fsp3) is 0.263. The lowest BCUT2D eigenvalue weighted by Gasteiger charge is -2.12. The van der Waals surface area contributed by atoms with Crippen LogP contribution in [-0.2, 0) is 6.42 Å². The van der Waals surface area contributed by atoms with Crippen LogP contribution in [0.15, 0.2) is 34.9 Å². The van der Waals surface area contributed by atoms with Crippen molar-refractivity contribution in [2.45, 2.75) is 34.1 Å². The van der Waals surface area contributed by atoms with Gasteiger partial charge in [-0.3, -0.25) is 4.79 Å². The van der Waals surface area contributed by atoms with E-state index in [1.807, 2.05) is 45.9 Å². The van der Waals surface area contributed by atoms with Crippen molar-refractivity contribution in [2.24, 2.45) is 0 Å². The Morgan fingerprint density at radius 2 is 1.84 bits per heavy atom. The molecule has 6 nitrogen and oxygen atoms in total. The van der Waals surface area contributed by atoms with Gasteiger partial charge in [-0.25, -0.2) is 4.98 Å². The zero-order chi connectivity index (χ0) is 18.0. The molecule has 25 heavy (non-hydrogen) atoms. The summed E-state index contributed by atoms with van der Waals surface area (Å²) in [6, 6.07) is 9.31. The van der Waals surface area contributed by atoms with E-state index < -0.39 is 0 Å². The fourth-order valence-electron chi connectivity index (χ4n) is 2.59. The maximum Gasteiger partial charge on any atom is 0.256 e. The van der Waals surface area contributed by atoms with Crippen LogP contribution < -0.4 is 5.32 Å². The van der Waals surface area contributed by atoms with E-state index in [9.17, 15) is 4.79 Å². The molecule has 1 N–H and O–H groups in total. The Morgan fingerprint density at radius 3 is 2.48 bits per heavy atom. The number of hydrogen-bond acceptors (Lipinski definition) is 5. The van der Waals surface area contributed by atoms with Gasteiger partial charge in [-0.1, -0.05) is 29.8 Å². The standard InChI is InChI=1S/C19H20N4O2/c1-5-15-21-18(23-25-15)16-12(3)10-13(4)20-17(16)22-19(24)14-8-6-11(2)7-9-14/h6-10H,5H2,1-4H3,(H,20,22,24). The lowest BCUT2D eigenvalue weighted by atomic mass is 10.1. The lowest BCUT2D eigenvalue weighted by molar-refractivity contribution is 0.102. The number of pyridine rings is 1. The second-order valence-corrected chi connectivity index (χ2v) is 5.99. The molecule has 2 heterocycles. The summed E-state index contributed by atoms with van der Waals surface area (Å²) < 4.78 is 5.21. The van der Waals surface area contributed by atoms with E-state index in [4.69, 9.17) is 4.52 Å². The van der Waals surface area contributed by atoms with Crippen LogP contribution >= 0.6 is 0 Å². The SMILES string of the molecule is CCc1nc(-c2c(C)cc(C)nc2NC(=O)c2ccc(C)cc2)no1. The first kappa shape index (κ1) is 16.8. The molecule has 0 atom stereocenters. The number of rotatable bonds is 4. The zero-order valence-corrected chi connectivity index (χ0v) is 14.8. The summed E-state index contributed by atoms with van der Waals surface area (Å²) >= 11 is 0. The third kappa shape index (κ3) is 3.57. The summed E-state index contributed by atoms with van der Waals surface area (Å²) in [6.07, 6.45) is 0.649. The molecular weight excluding hydrogens is 316 g/mol. The van der Waals surface area contributed by atoms with Gasteiger partial charge in [-0.2, -0.15) is 4.98 Å². The number of carbonyl (C=O) groups is 1. The number of nitrogens with one attached hydrogen (secondary N) is 1. The van der Waals surface area contributed by atoms with E-state index in [-0.39, 0.29) is 5.91 Å². The van der Waals surface area contributed by atoms with Crippen LogP contribution in [0, 0.1) is 20.8 Å². The molecule has 3 rings (SSSR count). The van der Waals surface area contributed by atoms with Gasteiger partial charge in [0.05, 0.1) is 5.56 Å². The maximum atomic E-state index is 12.6. The van der Waals surface area contributed by atoms with Gasteiger partial charge in [0.2, 0.25) is 11.7 Å². The van der Waals surface area contributed by atoms with Gasteiger partial charge in [-0.05, 0) is 44.5 Å². The number of benzene rings is 1. The van der Waals surface area contributed by atoms with E-state index >= 15 is 0 Å². The molecule has 0 aliphatic heterocycles. The molecule has 2 aromatic heterocycles. The molecule has 0 aliphatic carbocycles. The topological polar surface area (TPSA) is 80.9 Å². The zero-order valence-electron chi connectivity index (χ0n) is 14.8. The van der Waals surface area contributed by atoms with Crippen LogP contribution in [0.3, 0.4) is 0 Å². The first-order valence-corrected chi connectivity index (χ1v) is 8.17. The van der Waals surface area contributed by atoms with Gasteiger partial charge < -0.3 is 9.84 Å². The molecule has 0 saturated carbocycles. The minimum Gasteiger partial charge on any atom is -0.339 e. The Kier molecular flexibility index (Phi) is 4.61. The van der Waals surface area contributed by atoms with Gasteiger partial charge in [0.15, 0.2) is 0 Å². The molecule has 1 aromatic carbocycles. The average Bonchev–Trinajstić information content (AvgIpc) is 3.03. The molecule has 3 aromatic rings. The Hall–Kier alpha value is -3.02. The van der Waals surface area contributed by atoms with Crippen molar-refractivity contribution in [1.82, 2.24) is 15.1 Å². The van der Waals surface area contributed by atoms with Gasteiger partial charge >= 0.3 is 0 Å². The third-order valence-electron chi connectivity index (χ3n) is 3.88. The predicted octanol–water partition coefficient (Wildman–Crippen LogP) is 3.87. The van der Waals surface area contributed by atoms with Crippen LogP contribution in [0.25, 0.3) is 11.4 Å². The number of hydrogen-bond donors (Lipinski definition) is 1. The Labute approximate surface area is 146 Å². The van der Waals surface area contributed by atoms with Crippen LogP contribution in [-0.4, -0.2) is 21.0 Å². The summed E-state index contributed by atoms with van der Waals surface area (Å²) in [7, 11) is 0. The van der Waals surface area contributed by atoms with Crippen LogP contribution in [0.2, 0.25) is 0 Å². The summed E-state index contributed by atoms with van der Waals surface area (Å²) in [5, 5.41) is 6.90. The number of anilines is 1. The quantitative estimate of drug-likeness (QED) is 0.782. The molecule has 0 saturated heterocycles. The molecule has 6 heteroatoms. The molecule has 0 aliphatic rings. The predicted molar refractivity (Wildman–Crippen MR) is 95.5 cm³/mol. The largest absolute Gasteiger partial charge is 0.339 e. The van der Waals surface area contributed by atoms with Gasteiger partial charge in [0.1, 0.15) is 5.82 Å². The van der Waals surface area contributed by atoms with Gasteiger partial charge in [-0.15, -0.1) is 0 Å². The lowest BCUT2D eigenvalue weighted by Crippen LogP contribution is -2.15. The highest BCUT2D eigenvalue weighted by molar-refractivity contribution is 6.05. The van der Waals surface area contributed by atoms with Crippen molar-refractivity contribution >= 4 is 11.7 Å². The second kappa shape index (κ2) is 6.84. The minimum absolute atomic E-state index is 0.224. The van der Waals surface area contributed by atoms with E-state index in [0.717, 1.165) is 16.8 Å². The Bertz CT molecular complexity index is 914. The first-order valence-electron chi connectivity index (χ1n) is 8.17. The summed E-state index contributed by atoms with van der Waals surface area (Å²) in [4.78, 5) is 21.4. The van der Waals surface area contributed by atoms with Crippen molar-refractivity contribution in [2.75, 3.05) is 5.32 Å². The highest BCUT2D eigenvalue weighted by Crippen LogP contribution is 2.29. The first-order chi connectivity index (χ1) is 12.0. The maximum absolute atomic E-state index is 12.6. The van der Waals surface area contributed by atoms with Crippen molar-refractivity contribution in [3.8, 4) is 11.4 Å². The van der Waals surface area contributed by atoms with Gasteiger partial charge in [0.25, 0.3) is 5.91 Å². The average molecular weight is 336 g/mol. The smallest absolute Gasteiger partial charge is 0.256 e. The summed E-state index contributed by atoms with van der Waals surface area (Å²) in [5.74, 6) is 1.19. The molecule has 0 unspecified atom stereocenters. The van der Waals surface area contributed by atoms with Crippen molar-refractivity contribution in [3.63, 3.8) is 0 Å². The van der Waals surface area contributed by atoms with E-state index in [0.29, 0.717) is 35.1 Å². The van der Waals surface area contributed by atoms with Crippen LogP contribution in [0.1, 0.15) is 40.0 Å². The number of carbonyl (C=O) groups excluding carboxylic acids is 1. The molecule has 0 radical (unpaired) electrons. The van der Waals surface area contributed by atoms with E-state index in [1.54, 1.807) is 12.1 Å². The molecule has 0 bridgehead atoms. The normalized spacial score (nSPS) is 10.7. The molecule has 1 amide bonds. The minimum atomic E-state index is -0.224. The van der Waals surface area contributed by atoms with E-state index in [2.05, 4.69) is 20.4 Å². The van der Waals surface area contributed by atoms with Crippen LogP contribution in [0.5, 0.6) is 0 Å². The summed E-state index contributed by atoms with van der Waals surface area (Å²) in [6.45, 7) is 7.74. The molecule has 0 spiro atoms. The van der Waals surface area contributed by atoms with Crippen molar-refractivity contribution in [3.05, 3.63) is 58.6 Å². The number of amides is 1. The molecule has 128 valence electrons. The van der Waals surface area contributed by atoms with Crippen molar-refractivity contribution < 1.29 is 9.32 Å². The van der Waals surface area contributed by atoms with Gasteiger partial charge in [0, 0.05) is 17.7 Å². The second-order valence-electron chi connectivity index (χ2n) is 5.99. The fourth-order valence-corrected chi connectivity index (χ4v) is 2.59. The monoisotopic (exact) mass is 336 g/mol. The van der Waals surface area contributed by atoms with E-state index in [1.165, 1.54) is 0 Å². The number of aromatic nitrogens is 3. The summed E-state index contributed by atoms with van der Waals surface area (Å²) in [5.41, 5.74) is 4.07. The third-order valence-corrected chi connectivity index (χ3v) is 3.88. The highest BCUT2D eigenvalue weighted by Gasteiger charge is 2.19. The Morgan fingerprint density at radius 1 is 1.12 bits per heavy atom. The highest BCUT2D eigenvalue weighted by atomic mass is 16.5. The molecule has 0 fully saturated rings. The number of aryl methyl sites for hydroxylation is 4.